The van der Waals surface area contributed by atoms with Crippen molar-refractivity contribution in [2.75, 3.05) is 13.1 Å². The predicted molar refractivity (Wildman–Crippen MR) is 84.2 cm³/mol. The Labute approximate surface area is 131 Å². The monoisotopic (exact) mass is 306 g/mol. The van der Waals surface area contributed by atoms with Gasteiger partial charge in [0.15, 0.2) is 0 Å². The van der Waals surface area contributed by atoms with Gasteiger partial charge in [-0.2, -0.15) is 0 Å². The molecule has 122 valence electrons. The van der Waals surface area contributed by atoms with Crippen LogP contribution in [0.25, 0.3) is 0 Å². The number of carbonyl (C=O) groups is 2. The average Bonchev–Trinajstić information content (AvgIpc) is 3.03. The number of hydrogen-bond acceptors (Lipinski definition) is 3. The number of carbonyl (C=O) groups excluding carboxylic acids is 2. The van der Waals surface area contributed by atoms with Gasteiger partial charge in [-0.15, -0.1) is 0 Å². The van der Waals surface area contributed by atoms with Crippen LogP contribution in [0.3, 0.4) is 0 Å². The summed E-state index contributed by atoms with van der Waals surface area (Å²) in [6.07, 6.45) is 6.22. The van der Waals surface area contributed by atoms with Gasteiger partial charge in [0.1, 0.15) is 5.82 Å². The fourth-order valence-electron chi connectivity index (χ4n) is 3.18. The Morgan fingerprint density at radius 3 is 2.77 bits per heavy atom. The highest BCUT2D eigenvalue weighted by Crippen LogP contribution is 2.22. The van der Waals surface area contributed by atoms with Crippen LogP contribution in [0, 0.1) is 12.8 Å². The smallest absolute Gasteiger partial charge is 0.224 e. The van der Waals surface area contributed by atoms with Crippen molar-refractivity contribution in [2.45, 2.75) is 52.6 Å². The van der Waals surface area contributed by atoms with E-state index < -0.39 is 0 Å². The molecule has 0 spiro atoms. The Kier molecular flexibility index (Phi) is 5.57. The van der Waals surface area contributed by atoms with Crippen LogP contribution in [-0.2, 0) is 16.1 Å². The first kappa shape index (κ1) is 16.5. The van der Waals surface area contributed by atoms with E-state index in [4.69, 9.17) is 0 Å². The Morgan fingerprint density at radius 2 is 2.18 bits per heavy atom. The Bertz CT molecular complexity index is 526. The van der Waals surface area contributed by atoms with Gasteiger partial charge in [0.2, 0.25) is 11.8 Å². The van der Waals surface area contributed by atoms with Crippen molar-refractivity contribution >= 4 is 11.8 Å². The van der Waals surface area contributed by atoms with Gasteiger partial charge in [-0.05, 0) is 19.3 Å². The maximum absolute atomic E-state index is 12.4. The molecule has 1 aliphatic rings. The van der Waals surface area contributed by atoms with E-state index in [2.05, 4.69) is 17.2 Å². The van der Waals surface area contributed by atoms with Crippen LogP contribution in [0.5, 0.6) is 0 Å². The molecular formula is C16H26N4O2. The molecule has 0 bridgehead atoms. The van der Waals surface area contributed by atoms with Crippen molar-refractivity contribution in [2.24, 2.45) is 5.92 Å². The van der Waals surface area contributed by atoms with Gasteiger partial charge in [-0.25, -0.2) is 4.98 Å². The summed E-state index contributed by atoms with van der Waals surface area (Å²) in [5.74, 6) is 1.43. The van der Waals surface area contributed by atoms with E-state index >= 15 is 0 Å². The quantitative estimate of drug-likeness (QED) is 0.862. The Balaban J connectivity index is 1.90. The van der Waals surface area contributed by atoms with E-state index in [-0.39, 0.29) is 17.9 Å². The summed E-state index contributed by atoms with van der Waals surface area (Å²) in [6.45, 7) is 7.65. The van der Waals surface area contributed by atoms with Crippen molar-refractivity contribution < 1.29 is 9.59 Å². The second kappa shape index (κ2) is 7.42. The van der Waals surface area contributed by atoms with Crippen LogP contribution in [0.2, 0.25) is 0 Å². The van der Waals surface area contributed by atoms with E-state index in [1.807, 2.05) is 22.6 Å². The van der Waals surface area contributed by atoms with E-state index in [1.165, 1.54) is 6.92 Å². The third-order valence-corrected chi connectivity index (χ3v) is 4.33. The summed E-state index contributed by atoms with van der Waals surface area (Å²) in [6, 6.07) is 0.0939. The molecule has 2 heterocycles. The van der Waals surface area contributed by atoms with E-state index in [0.29, 0.717) is 25.4 Å². The summed E-state index contributed by atoms with van der Waals surface area (Å²) >= 11 is 0. The maximum atomic E-state index is 12.4. The molecule has 1 aliphatic heterocycles. The van der Waals surface area contributed by atoms with Crippen LogP contribution in [0.1, 0.15) is 38.9 Å². The van der Waals surface area contributed by atoms with Crippen LogP contribution < -0.4 is 5.32 Å². The minimum atomic E-state index is -0.0190. The van der Waals surface area contributed by atoms with Crippen LogP contribution in [0.15, 0.2) is 12.4 Å². The van der Waals surface area contributed by atoms with Gasteiger partial charge in [-0.3, -0.25) is 9.59 Å². The zero-order chi connectivity index (χ0) is 16.1. The van der Waals surface area contributed by atoms with E-state index in [9.17, 15) is 9.59 Å². The second-order valence-electron chi connectivity index (χ2n) is 6.07. The molecule has 1 aromatic rings. The lowest BCUT2D eigenvalue weighted by atomic mass is 9.98. The number of hydrogen-bond donors (Lipinski definition) is 1. The summed E-state index contributed by atoms with van der Waals surface area (Å²) in [5, 5.41) is 2.99. The lowest BCUT2D eigenvalue weighted by Crippen LogP contribution is -2.39. The summed E-state index contributed by atoms with van der Waals surface area (Å²) in [5.41, 5.74) is 0. The molecule has 0 unspecified atom stereocenters. The highest BCUT2D eigenvalue weighted by Gasteiger charge is 2.34. The zero-order valence-corrected chi connectivity index (χ0v) is 13.7. The molecule has 2 atom stereocenters. The number of nitrogens with zero attached hydrogens (tertiary/aromatic N) is 3. The van der Waals surface area contributed by atoms with Gasteiger partial charge in [0.25, 0.3) is 0 Å². The van der Waals surface area contributed by atoms with Crippen LogP contribution in [0.4, 0.5) is 0 Å². The molecule has 6 nitrogen and oxygen atoms in total. The third kappa shape index (κ3) is 4.08. The van der Waals surface area contributed by atoms with Crippen molar-refractivity contribution in [3.63, 3.8) is 0 Å². The lowest BCUT2D eigenvalue weighted by Gasteiger charge is -2.17. The maximum Gasteiger partial charge on any atom is 0.224 e. The zero-order valence-electron chi connectivity index (χ0n) is 13.7. The predicted octanol–water partition coefficient (Wildman–Crippen LogP) is 1.34. The third-order valence-electron chi connectivity index (χ3n) is 4.33. The Morgan fingerprint density at radius 1 is 1.41 bits per heavy atom. The van der Waals surface area contributed by atoms with Gasteiger partial charge < -0.3 is 14.8 Å². The lowest BCUT2D eigenvalue weighted by molar-refractivity contribution is -0.130. The fraction of sp³-hybridized carbons (Fsp3) is 0.688. The number of nitrogens with one attached hydrogen (secondary N) is 1. The van der Waals surface area contributed by atoms with E-state index in [0.717, 1.165) is 25.2 Å². The first-order valence-corrected chi connectivity index (χ1v) is 8.03. The number of aromatic nitrogens is 2. The molecule has 0 radical (unpaired) electrons. The molecule has 0 aromatic carbocycles. The summed E-state index contributed by atoms with van der Waals surface area (Å²) in [4.78, 5) is 29.8. The largest absolute Gasteiger partial charge is 0.351 e. The molecule has 2 rings (SSSR count). The molecule has 2 amide bonds. The van der Waals surface area contributed by atoms with Crippen molar-refractivity contribution in [3.8, 4) is 0 Å². The fourth-order valence-corrected chi connectivity index (χ4v) is 3.18. The Hall–Kier alpha value is -1.85. The van der Waals surface area contributed by atoms with Crippen molar-refractivity contribution in [3.05, 3.63) is 18.2 Å². The first-order chi connectivity index (χ1) is 10.5. The molecule has 1 saturated heterocycles. The number of aryl methyl sites for hydroxylation is 2. The molecule has 0 saturated carbocycles. The van der Waals surface area contributed by atoms with Gasteiger partial charge in [0, 0.05) is 45.4 Å². The second-order valence-corrected chi connectivity index (χ2v) is 6.07. The average molecular weight is 306 g/mol. The minimum Gasteiger partial charge on any atom is -0.351 e. The van der Waals surface area contributed by atoms with Gasteiger partial charge in [0.05, 0.1) is 6.04 Å². The minimum absolute atomic E-state index is 0.0190. The van der Waals surface area contributed by atoms with Gasteiger partial charge >= 0.3 is 0 Å². The molecule has 1 fully saturated rings. The molecule has 0 aliphatic carbocycles. The first-order valence-electron chi connectivity index (χ1n) is 8.03. The molecular weight excluding hydrogens is 280 g/mol. The summed E-state index contributed by atoms with van der Waals surface area (Å²) in [7, 11) is 0. The summed E-state index contributed by atoms with van der Waals surface area (Å²) < 4.78 is 1.99. The standard InChI is InChI=1S/C16H26N4O2/c1-4-5-14-10-20(11-15(14)18-13(3)21)16(22)6-8-19-9-7-17-12(19)2/h7,9,14-15H,4-6,8,10-11H2,1-3H3,(H,18,21)/t14-,15-/m1/s1. The molecule has 1 N–H and O–H groups in total. The topological polar surface area (TPSA) is 67.2 Å². The number of amides is 2. The molecule has 6 heteroatoms. The number of likely N-dealkylation sites (tertiary alicyclic amines) is 1. The normalized spacial score (nSPS) is 21.1. The van der Waals surface area contributed by atoms with Gasteiger partial charge in [-0.1, -0.05) is 13.3 Å². The highest BCUT2D eigenvalue weighted by atomic mass is 16.2. The number of imidazole rings is 1. The molecule has 22 heavy (non-hydrogen) atoms. The number of rotatable bonds is 6. The van der Waals surface area contributed by atoms with Crippen LogP contribution >= 0.6 is 0 Å². The van der Waals surface area contributed by atoms with Crippen LogP contribution in [-0.4, -0.2) is 45.4 Å². The van der Waals surface area contributed by atoms with Crippen molar-refractivity contribution in [1.29, 1.82) is 0 Å². The van der Waals surface area contributed by atoms with Crippen molar-refractivity contribution in [1.82, 2.24) is 19.8 Å². The molecule has 1 aromatic heterocycles. The van der Waals surface area contributed by atoms with E-state index in [1.54, 1.807) is 6.20 Å². The SMILES string of the molecule is CCC[C@@H]1CN(C(=O)CCn2ccnc2C)C[C@H]1NC(C)=O. The highest BCUT2D eigenvalue weighted by molar-refractivity contribution is 5.77.